The Morgan fingerprint density at radius 1 is 1.29 bits per heavy atom. The van der Waals surface area contributed by atoms with E-state index in [0.29, 0.717) is 18.0 Å². The summed E-state index contributed by atoms with van der Waals surface area (Å²) < 4.78 is 1.06. The number of hydrogen-bond acceptors (Lipinski definition) is 2. The molecule has 1 nitrogen and oxygen atoms in total. The summed E-state index contributed by atoms with van der Waals surface area (Å²) in [6.07, 6.45) is 1.64. The van der Waals surface area contributed by atoms with E-state index in [4.69, 9.17) is 0 Å². The second-order valence-corrected chi connectivity index (χ2v) is 7.19. The lowest BCUT2D eigenvalue weighted by Crippen LogP contribution is -2.10. The first kappa shape index (κ1) is 14.8. The van der Waals surface area contributed by atoms with Gasteiger partial charge in [-0.15, -0.1) is 11.8 Å². The quantitative estimate of drug-likeness (QED) is 0.716. The van der Waals surface area contributed by atoms with Crippen molar-refractivity contribution in [1.29, 1.82) is 0 Å². The van der Waals surface area contributed by atoms with Crippen molar-refractivity contribution in [3.63, 3.8) is 0 Å². The number of hydrogen-bond donors (Lipinski definition) is 0. The summed E-state index contributed by atoms with van der Waals surface area (Å²) in [6, 6.07) is 8.01. The van der Waals surface area contributed by atoms with Crippen LogP contribution in [0, 0.1) is 5.41 Å². The summed E-state index contributed by atoms with van der Waals surface area (Å²) in [6.45, 7) is 6.50. The fraction of sp³-hybridized carbons (Fsp3) is 0.500. The van der Waals surface area contributed by atoms with E-state index in [2.05, 4.69) is 36.7 Å². The Balaban J connectivity index is 2.36. The van der Waals surface area contributed by atoms with E-state index in [9.17, 15) is 4.79 Å². The number of halogens is 1. The third-order valence-corrected chi connectivity index (χ3v) is 4.47. The fourth-order valence-corrected chi connectivity index (χ4v) is 2.78. The number of rotatable bonds is 5. The number of benzene rings is 1. The molecule has 0 fully saturated rings. The highest BCUT2D eigenvalue weighted by molar-refractivity contribution is 9.10. The minimum atomic E-state index is 0.244. The standard InChI is InChI=1S/C14H19BrOS/c1-14(2,3)9-8-11(16)10-17-13-7-5-4-6-12(13)15/h4-7H,8-10H2,1-3H3. The molecule has 3 heteroatoms. The molecule has 17 heavy (non-hydrogen) atoms. The van der Waals surface area contributed by atoms with Crippen LogP contribution in [-0.4, -0.2) is 11.5 Å². The number of carbonyl (C=O) groups is 1. The van der Waals surface area contributed by atoms with Crippen molar-refractivity contribution in [2.45, 2.75) is 38.5 Å². The molecule has 0 atom stereocenters. The zero-order valence-electron chi connectivity index (χ0n) is 10.6. The van der Waals surface area contributed by atoms with Gasteiger partial charge in [0.1, 0.15) is 5.78 Å². The molecule has 1 aromatic carbocycles. The number of thioether (sulfide) groups is 1. The Bertz CT molecular complexity index is 382. The molecule has 0 aliphatic heterocycles. The topological polar surface area (TPSA) is 17.1 Å². The molecule has 94 valence electrons. The van der Waals surface area contributed by atoms with Crippen molar-refractivity contribution in [3.05, 3.63) is 28.7 Å². The lowest BCUT2D eigenvalue weighted by atomic mass is 9.90. The van der Waals surface area contributed by atoms with Gasteiger partial charge in [0.2, 0.25) is 0 Å². The van der Waals surface area contributed by atoms with Crippen LogP contribution in [0.2, 0.25) is 0 Å². The molecule has 1 rings (SSSR count). The first-order chi connectivity index (χ1) is 7.88. The van der Waals surface area contributed by atoms with Gasteiger partial charge in [-0.2, -0.15) is 0 Å². The Morgan fingerprint density at radius 3 is 2.53 bits per heavy atom. The van der Waals surface area contributed by atoms with Crippen LogP contribution in [0.25, 0.3) is 0 Å². The van der Waals surface area contributed by atoms with Crippen LogP contribution < -0.4 is 0 Å². The van der Waals surface area contributed by atoms with Gasteiger partial charge in [0.25, 0.3) is 0 Å². The molecule has 0 aliphatic rings. The molecule has 0 radical (unpaired) electrons. The van der Waals surface area contributed by atoms with Crippen molar-refractivity contribution in [3.8, 4) is 0 Å². The smallest absolute Gasteiger partial charge is 0.143 e. The largest absolute Gasteiger partial charge is 0.299 e. The maximum Gasteiger partial charge on any atom is 0.143 e. The molecular formula is C14H19BrOS. The van der Waals surface area contributed by atoms with E-state index in [1.807, 2.05) is 24.3 Å². The van der Waals surface area contributed by atoms with Crippen molar-refractivity contribution in [2.75, 3.05) is 5.75 Å². The monoisotopic (exact) mass is 314 g/mol. The normalized spacial score (nSPS) is 11.5. The Labute approximate surface area is 117 Å². The SMILES string of the molecule is CC(C)(C)CCC(=O)CSc1ccccc1Br. The molecule has 0 aromatic heterocycles. The van der Waals surface area contributed by atoms with Gasteiger partial charge in [-0.25, -0.2) is 0 Å². The van der Waals surface area contributed by atoms with Crippen molar-refractivity contribution in [2.24, 2.45) is 5.41 Å². The Hall–Kier alpha value is -0.280. The summed E-state index contributed by atoms with van der Waals surface area (Å²) in [5, 5.41) is 0. The van der Waals surface area contributed by atoms with Crippen LogP contribution in [-0.2, 0) is 4.79 Å². The van der Waals surface area contributed by atoms with Crippen LogP contribution in [0.4, 0.5) is 0 Å². The average Bonchev–Trinajstić information content (AvgIpc) is 2.24. The van der Waals surface area contributed by atoms with E-state index < -0.39 is 0 Å². The van der Waals surface area contributed by atoms with E-state index in [0.717, 1.165) is 15.8 Å². The van der Waals surface area contributed by atoms with Gasteiger partial charge in [0, 0.05) is 15.8 Å². The lowest BCUT2D eigenvalue weighted by Gasteiger charge is -2.16. The minimum Gasteiger partial charge on any atom is -0.299 e. The highest BCUT2D eigenvalue weighted by atomic mass is 79.9. The maximum absolute atomic E-state index is 11.7. The van der Waals surface area contributed by atoms with Gasteiger partial charge in [-0.1, -0.05) is 32.9 Å². The van der Waals surface area contributed by atoms with Gasteiger partial charge in [-0.05, 0) is 39.9 Å². The van der Waals surface area contributed by atoms with Crippen LogP contribution >= 0.6 is 27.7 Å². The summed E-state index contributed by atoms with van der Waals surface area (Å²) in [7, 11) is 0. The molecule has 0 saturated heterocycles. The zero-order chi connectivity index (χ0) is 12.9. The van der Waals surface area contributed by atoms with Crippen LogP contribution in [0.1, 0.15) is 33.6 Å². The van der Waals surface area contributed by atoms with Gasteiger partial charge in [-0.3, -0.25) is 4.79 Å². The predicted octanol–water partition coefficient (Wildman–Crippen LogP) is 4.94. The van der Waals surface area contributed by atoms with Crippen molar-refractivity contribution >= 4 is 33.5 Å². The molecule has 0 unspecified atom stereocenters. The fourth-order valence-electron chi connectivity index (χ4n) is 1.31. The van der Waals surface area contributed by atoms with Crippen molar-refractivity contribution < 1.29 is 4.79 Å². The molecule has 0 bridgehead atoms. The molecule has 0 heterocycles. The molecule has 0 saturated carbocycles. The summed E-state index contributed by atoms with van der Waals surface area (Å²) in [4.78, 5) is 12.9. The third kappa shape index (κ3) is 6.27. The van der Waals surface area contributed by atoms with Crippen LogP contribution in [0.5, 0.6) is 0 Å². The molecule has 1 aromatic rings. The van der Waals surface area contributed by atoms with Crippen LogP contribution in [0.15, 0.2) is 33.6 Å². The minimum absolute atomic E-state index is 0.244. The molecule has 0 spiro atoms. The second kappa shape index (κ2) is 6.60. The Kier molecular flexibility index (Phi) is 5.74. The van der Waals surface area contributed by atoms with E-state index >= 15 is 0 Å². The average molecular weight is 315 g/mol. The summed E-state index contributed by atoms with van der Waals surface area (Å²) in [5.41, 5.74) is 0.244. The second-order valence-electron chi connectivity index (χ2n) is 5.32. The highest BCUT2D eigenvalue weighted by Gasteiger charge is 2.13. The lowest BCUT2D eigenvalue weighted by molar-refractivity contribution is -0.117. The number of ketones is 1. The van der Waals surface area contributed by atoms with E-state index in [-0.39, 0.29) is 5.41 Å². The highest BCUT2D eigenvalue weighted by Crippen LogP contribution is 2.28. The van der Waals surface area contributed by atoms with Crippen molar-refractivity contribution in [1.82, 2.24) is 0 Å². The van der Waals surface area contributed by atoms with Gasteiger partial charge in [0.15, 0.2) is 0 Å². The molecule has 0 N–H and O–H groups in total. The van der Waals surface area contributed by atoms with E-state index in [1.54, 1.807) is 11.8 Å². The molecule has 0 amide bonds. The van der Waals surface area contributed by atoms with E-state index in [1.165, 1.54) is 0 Å². The Morgan fingerprint density at radius 2 is 1.94 bits per heavy atom. The summed E-state index contributed by atoms with van der Waals surface area (Å²) >= 11 is 5.09. The van der Waals surface area contributed by atoms with Gasteiger partial charge < -0.3 is 0 Å². The maximum atomic E-state index is 11.7. The van der Waals surface area contributed by atoms with Gasteiger partial charge in [0.05, 0.1) is 5.75 Å². The molecular weight excluding hydrogens is 296 g/mol. The first-order valence-electron chi connectivity index (χ1n) is 5.77. The predicted molar refractivity (Wildman–Crippen MR) is 78.6 cm³/mol. The first-order valence-corrected chi connectivity index (χ1v) is 7.55. The van der Waals surface area contributed by atoms with Crippen LogP contribution in [0.3, 0.4) is 0 Å². The number of Topliss-reactive ketones (excluding diaryl/α,β-unsaturated/α-hetero) is 1. The summed E-state index contributed by atoms with van der Waals surface area (Å²) in [5.74, 6) is 0.902. The molecule has 0 aliphatic carbocycles. The third-order valence-electron chi connectivity index (χ3n) is 2.38. The van der Waals surface area contributed by atoms with Gasteiger partial charge >= 0.3 is 0 Å². The number of carbonyl (C=O) groups excluding carboxylic acids is 1. The zero-order valence-corrected chi connectivity index (χ0v) is 13.0.